The normalized spacial score (nSPS) is 24.0. The quantitative estimate of drug-likeness (QED) is 0.862. The summed E-state index contributed by atoms with van der Waals surface area (Å²) < 4.78 is 29.5. The van der Waals surface area contributed by atoms with Crippen molar-refractivity contribution >= 4 is 10.8 Å². The molecule has 1 aliphatic heterocycles. The van der Waals surface area contributed by atoms with E-state index in [1.165, 1.54) is 12.1 Å². The second-order valence-corrected chi connectivity index (χ2v) is 7.13. The van der Waals surface area contributed by atoms with E-state index in [2.05, 4.69) is 4.90 Å². The summed E-state index contributed by atoms with van der Waals surface area (Å²) >= 11 is 0. The number of rotatable bonds is 6. The molecule has 1 saturated heterocycles. The first-order valence-corrected chi connectivity index (χ1v) is 8.65. The minimum atomic E-state index is -0.665. The molecule has 21 heavy (non-hydrogen) atoms. The first kappa shape index (κ1) is 16.4. The fraction of sp³-hybridized carbons (Fsp3) is 0.600. The Morgan fingerprint density at radius 1 is 1.38 bits per heavy atom. The van der Waals surface area contributed by atoms with Crippen molar-refractivity contribution in [2.45, 2.75) is 25.0 Å². The minimum Gasteiger partial charge on any atom is -0.491 e. The maximum atomic E-state index is 12.8. The molecule has 1 heterocycles. The van der Waals surface area contributed by atoms with Crippen LogP contribution in [0.1, 0.15) is 12.8 Å². The van der Waals surface area contributed by atoms with Crippen LogP contribution in [0.4, 0.5) is 4.39 Å². The summed E-state index contributed by atoms with van der Waals surface area (Å²) in [4.78, 5) is 2.11. The number of nitrogens with zero attached hydrogens (tertiary/aromatic N) is 1. The molecule has 4 nitrogen and oxygen atoms in total. The summed E-state index contributed by atoms with van der Waals surface area (Å²) in [6.45, 7) is 0.688. The molecule has 0 spiro atoms. The van der Waals surface area contributed by atoms with Crippen LogP contribution in [0.25, 0.3) is 0 Å². The predicted molar refractivity (Wildman–Crippen MR) is 81.4 cm³/mol. The lowest BCUT2D eigenvalue weighted by Crippen LogP contribution is -2.42. The molecule has 0 aliphatic carbocycles. The molecule has 0 saturated carbocycles. The Morgan fingerprint density at radius 3 is 2.62 bits per heavy atom. The van der Waals surface area contributed by atoms with Gasteiger partial charge in [0.2, 0.25) is 0 Å². The van der Waals surface area contributed by atoms with E-state index >= 15 is 0 Å². The fourth-order valence-corrected chi connectivity index (χ4v) is 3.75. The second kappa shape index (κ2) is 7.87. The minimum absolute atomic E-state index is 0.175. The summed E-state index contributed by atoms with van der Waals surface area (Å²) in [5.74, 6) is 1.73. The van der Waals surface area contributed by atoms with Gasteiger partial charge in [-0.1, -0.05) is 0 Å². The second-order valence-electron chi connectivity index (χ2n) is 5.44. The standard InChI is InChI=1S/C15H22FNO3S/c1-17(13-6-8-21(19)9-7-13)10-14(18)11-20-15-4-2-12(16)3-5-15/h2-5,13-14,18H,6-11H2,1H3. The van der Waals surface area contributed by atoms with Crippen molar-refractivity contribution in [3.63, 3.8) is 0 Å². The van der Waals surface area contributed by atoms with Gasteiger partial charge in [-0.25, -0.2) is 4.39 Å². The molecule has 1 fully saturated rings. The van der Waals surface area contributed by atoms with E-state index in [1.54, 1.807) is 12.1 Å². The maximum absolute atomic E-state index is 12.8. The van der Waals surface area contributed by atoms with Gasteiger partial charge in [0.15, 0.2) is 0 Å². The van der Waals surface area contributed by atoms with Crippen molar-refractivity contribution in [3.8, 4) is 5.75 Å². The van der Waals surface area contributed by atoms with Crippen molar-refractivity contribution < 1.29 is 18.4 Å². The number of hydrogen-bond donors (Lipinski definition) is 1. The first-order valence-electron chi connectivity index (χ1n) is 7.16. The van der Waals surface area contributed by atoms with Gasteiger partial charge in [0.25, 0.3) is 0 Å². The predicted octanol–water partition coefficient (Wildman–Crippen LogP) is 1.41. The van der Waals surface area contributed by atoms with Crippen LogP contribution in [0, 0.1) is 5.82 Å². The highest BCUT2D eigenvalue weighted by atomic mass is 32.2. The lowest BCUT2D eigenvalue weighted by molar-refractivity contribution is 0.0614. The van der Waals surface area contributed by atoms with Gasteiger partial charge in [0, 0.05) is 34.9 Å². The van der Waals surface area contributed by atoms with Gasteiger partial charge >= 0.3 is 0 Å². The Balaban J connectivity index is 1.72. The molecule has 1 unspecified atom stereocenters. The Labute approximate surface area is 127 Å². The van der Waals surface area contributed by atoms with Gasteiger partial charge in [-0.2, -0.15) is 0 Å². The van der Waals surface area contributed by atoms with Crippen LogP contribution in [0.3, 0.4) is 0 Å². The average Bonchev–Trinajstić information content (AvgIpc) is 2.47. The van der Waals surface area contributed by atoms with Crippen molar-refractivity contribution in [2.24, 2.45) is 0 Å². The van der Waals surface area contributed by atoms with Gasteiger partial charge < -0.3 is 14.7 Å². The van der Waals surface area contributed by atoms with E-state index in [9.17, 15) is 13.7 Å². The van der Waals surface area contributed by atoms with Gasteiger partial charge in [0.1, 0.15) is 24.3 Å². The van der Waals surface area contributed by atoms with Crippen molar-refractivity contribution in [1.82, 2.24) is 4.90 Å². The molecule has 0 bridgehead atoms. The summed E-state index contributed by atoms with van der Waals surface area (Å²) in [6.07, 6.45) is 1.22. The highest BCUT2D eigenvalue weighted by molar-refractivity contribution is 7.85. The largest absolute Gasteiger partial charge is 0.491 e. The van der Waals surface area contributed by atoms with Crippen LogP contribution < -0.4 is 4.74 Å². The third kappa shape index (κ3) is 5.37. The zero-order valence-electron chi connectivity index (χ0n) is 12.2. The molecule has 0 amide bonds. The molecule has 0 radical (unpaired) electrons. The number of ether oxygens (including phenoxy) is 1. The van der Waals surface area contributed by atoms with E-state index in [-0.39, 0.29) is 12.4 Å². The zero-order chi connectivity index (χ0) is 15.2. The van der Waals surface area contributed by atoms with Gasteiger partial charge in [-0.3, -0.25) is 4.21 Å². The highest BCUT2D eigenvalue weighted by Gasteiger charge is 2.23. The van der Waals surface area contributed by atoms with Crippen molar-refractivity contribution in [2.75, 3.05) is 31.7 Å². The number of likely N-dealkylation sites (N-methyl/N-ethyl adjacent to an activating group) is 1. The smallest absolute Gasteiger partial charge is 0.123 e. The van der Waals surface area contributed by atoms with E-state index in [1.807, 2.05) is 7.05 Å². The van der Waals surface area contributed by atoms with E-state index in [0.29, 0.717) is 18.3 Å². The summed E-state index contributed by atoms with van der Waals surface area (Å²) in [5, 5.41) is 10.0. The first-order chi connectivity index (χ1) is 10.0. The number of hydrogen-bond acceptors (Lipinski definition) is 4. The van der Waals surface area contributed by atoms with Gasteiger partial charge in [-0.05, 0) is 44.2 Å². The molecule has 6 heteroatoms. The summed E-state index contributed by atoms with van der Waals surface area (Å²) in [7, 11) is 1.31. The average molecular weight is 315 g/mol. The molecule has 1 aliphatic rings. The molecule has 1 N–H and O–H groups in total. The zero-order valence-corrected chi connectivity index (χ0v) is 13.0. The van der Waals surface area contributed by atoms with Crippen LogP contribution in [-0.4, -0.2) is 58.1 Å². The number of benzene rings is 1. The highest BCUT2D eigenvalue weighted by Crippen LogP contribution is 2.15. The molecule has 118 valence electrons. The third-order valence-corrected chi connectivity index (χ3v) is 5.12. The Kier molecular flexibility index (Phi) is 6.14. The summed E-state index contributed by atoms with van der Waals surface area (Å²) in [5.41, 5.74) is 0. The van der Waals surface area contributed by atoms with E-state index in [4.69, 9.17) is 4.74 Å². The lowest BCUT2D eigenvalue weighted by atomic mass is 10.1. The van der Waals surface area contributed by atoms with Crippen LogP contribution in [0.5, 0.6) is 5.75 Å². The topological polar surface area (TPSA) is 49.8 Å². The Morgan fingerprint density at radius 2 is 2.00 bits per heavy atom. The Hall–Kier alpha value is -0.980. The molecular formula is C15H22FNO3S. The van der Waals surface area contributed by atoms with Crippen LogP contribution in [-0.2, 0) is 10.8 Å². The maximum Gasteiger partial charge on any atom is 0.123 e. The number of aliphatic hydroxyl groups is 1. The van der Waals surface area contributed by atoms with Gasteiger partial charge in [-0.15, -0.1) is 0 Å². The summed E-state index contributed by atoms with van der Waals surface area (Å²) in [6, 6.07) is 6.12. The van der Waals surface area contributed by atoms with Crippen LogP contribution >= 0.6 is 0 Å². The number of halogens is 1. The molecule has 1 atom stereocenters. The Bertz CT molecular complexity index is 458. The van der Waals surface area contributed by atoms with Gasteiger partial charge in [0.05, 0.1) is 0 Å². The van der Waals surface area contributed by atoms with E-state index < -0.39 is 16.9 Å². The fourth-order valence-electron chi connectivity index (χ4n) is 2.48. The third-order valence-electron chi connectivity index (χ3n) is 3.74. The number of aliphatic hydroxyl groups excluding tert-OH is 1. The molecular weight excluding hydrogens is 293 g/mol. The lowest BCUT2D eigenvalue weighted by Gasteiger charge is -2.32. The SMILES string of the molecule is CN(CC(O)COc1ccc(F)cc1)C1CCS(=O)CC1. The van der Waals surface area contributed by atoms with E-state index in [0.717, 1.165) is 24.3 Å². The monoisotopic (exact) mass is 315 g/mol. The molecule has 0 aromatic heterocycles. The molecule has 2 rings (SSSR count). The molecule has 1 aromatic carbocycles. The molecule has 1 aromatic rings. The van der Waals surface area contributed by atoms with Crippen LogP contribution in [0.2, 0.25) is 0 Å². The van der Waals surface area contributed by atoms with Crippen molar-refractivity contribution in [3.05, 3.63) is 30.1 Å². The van der Waals surface area contributed by atoms with Crippen LogP contribution in [0.15, 0.2) is 24.3 Å². The van der Waals surface area contributed by atoms with Crippen molar-refractivity contribution in [1.29, 1.82) is 0 Å².